The Kier molecular flexibility index (Phi) is 3.33. The minimum Gasteiger partial charge on any atom is -0.424 e. The Labute approximate surface area is 101 Å². The molecular weight excluding hydrogens is 216 g/mol. The smallest absolute Gasteiger partial charge is 0.296 e. The van der Waals surface area contributed by atoms with Crippen LogP contribution < -0.4 is 5.32 Å². The van der Waals surface area contributed by atoms with Crippen molar-refractivity contribution in [1.82, 2.24) is 4.98 Å². The fourth-order valence-corrected chi connectivity index (χ4v) is 1.84. The second-order valence-corrected chi connectivity index (χ2v) is 4.26. The number of aromatic nitrogens is 1. The molecule has 2 rings (SSSR count). The summed E-state index contributed by atoms with van der Waals surface area (Å²) in [5.74, 6) is 0. The summed E-state index contributed by atoms with van der Waals surface area (Å²) in [5, 5.41) is 12.7. The van der Waals surface area contributed by atoms with Crippen LogP contribution >= 0.6 is 0 Å². The molecule has 92 valence electrons. The summed E-state index contributed by atoms with van der Waals surface area (Å²) in [7, 11) is 0. The van der Waals surface area contributed by atoms with Gasteiger partial charge < -0.3 is 14.8 Å². The lowest BCUT2D eigenvalue weighted by Gasteiger charge is -2.29. The molecule has 1 heterocycles. The topological polar surface area (TPSA) is 58.3 Å². The first-order valence-corrected chi connectivity index (χ1v) is 5.97. The lowest BCUT2D eigenvalue weighted by Crippen LogP contribution is -2.40. The van der Waals surface area contributed by atoms with E-state index in [-0.39, 0.29) is 12.1 Å². The van der Waals surface area contributed by atoms with Gasteiger partial charge in [0.25, 0.3) is 6.01 Å². The first kappa shape index (κ1) is 11.9. The molecule has 0 spiro atoms. The van der Waals surface area contributed by atoms with Crippen molar-refractivity contribution in [3.63, 3.8) is 0 Å². The number of aliphatic hydroxyl groups is 1. The van der Waals surface area contributed by atoms with Crippen molar-refractivity contribution in [2.45, 2.75) is 32.2 Å². The predicted octanol–water partition coefficient (Wildman–Crippen LogP) is 2.79. The Morgan fingerprint density at radius 3 is 2.59 bits per heavy atom. The van der Waals surface area contributed by atoms with Gasteiger partial charge in [0.15, 0.2) is 5.58 Å². The normalized spacial score (nSPS) is 11.9. The lowest BCUT2D eigenvalue weighted by atomic mass is 9.94. The number of rotatable bonds is 5. The van der Waals surface area contributed by atoms with Gasteiger partial charge >= 0.3 is 0 Å². The summed E-state index contributed by atoms with van der Waals surface area (Å²) in [6.45, 7) is 4.14. The van der Waals surface area contributed by atoms with Gasteiger partial charge in [-0.2, -0.15) is 4.98 Å². The zero-order chi connectivity index (χ0) is 12.3. The highest BCUT2D eigenvalue weighted by molar-refractivity contribution is 5.74. The van der Waals surface area contributed by atoms with E-state index in [2.05, 4.69) is 10.3 Å². The highest BCUT2D eigenvalue weighted by Crippen LogP contribution is 2.24. The van der Waals surface area contributed by atoms with E-state index in [0.717, 1.165) is 23.9 Å². The Morgan fingerprint density at radius 1 is 1.29 bits per heavy atom. The molecule has 0 aliphatic rings. The maximum Gasteiger partial charge on any atom is 0.296 e. The van der Waals surface area contributed by atoms with Gasteiger partial charge in [-0.3, -0.25) is 0 Å². The average Bonchev–Trinajstić information content (AvgIpc) is 2.78. The Hall–Kier alpha value is -1.55. The Morgan fingerprint density at radius 2 is 2.00 bits per heavy atom. The van der Waals surface area contributed by atoms with E-state index < -0.39 is 0 Å². The minimum atomic E-state index is -0.346. The maximum absolute atomic E-state index is 9.48. The van der Waals surface area contributed by atoms with Crippen molar-refractivity contribution in [3.8, 4) is 0 Å². The number of anilines is 1. The minimum absolute atomic E-state index is 0.0682. The average molecular weight is 234 g/mol. The number of fused-ring (bicyclic) bond motifs is 1. The summed E-state index contributed by atoms with van der Waals surface area (Å²) in [6.07, 6.45) is 1.64. The maximum atomic E-state index is 9.48. The fourth-order valence-electron chi connectivity index (χ4n) is 1.84. The zero-order valence-electron chi connectivity index (χ0n) is 10.2. The summed E-state index contributed by atoms with van der Waals surface area (Å²) >= 11 is 0. The van der Waals surface area contributed by atoms with Gasteiger partial charge in [0, 0.05) is 0 Å². The molecule has 0 aliphatic heterocycles. The van der Waals surface area contributed by atoms with Gasteiger partial charge in [-0.25, -0.2) is 0 Å². The third kappa shape index (κ3) is 2.26. The van der Waals surface area contributed by atoms with Crippen LogP contribution in [0, 0.1) is 0 Å². The lowest BCUT2D eigenvalue weighted by molar-refractivity contribution is 0.200. The van der Waals surface area contributed by atoms with E-state index in [1.807, 2.05) is 38.1 Å². The Balaban J connectivity index is 2.28. The molecule has 0 aliphatic carbocycles. The second kappa shape index (κ2) is 4.75. The number of aliphatic hydroxyl groups excluding tert-OH is 1. The van der Waals surface area contributed by atoms with Crippen molar-refractivity contribution >= 4 is 17.1 Å². The molecule has 0 radical (unpaired) electrons. The van der Waals surface area contributed by atoms with Crippen molar-refractivity contribution < 1.29 is 9.52 Å². The van der Waals surface area contributed by atoms with E-state index >= 15 is 0 Å². The summed E-state index contributed by atoms with van der Waals surface area (Å²) in [4.78, 5) is 4.35. The van der Waals surface area contributed by atoms with E-state index in [9.17, 15) is 5.11 Å². The fraction of sp³-hybridized carbons (Fsp3) is 0.462. The van der Waals surface area contributed by atoms with Crippen molar-refractivity contribution in [2.75, 3.05) is 11.9 Å². The molecule has 2 aromatic rings. The van der Waals surface area contributed by atoms with Gasteiger partial charge in [-0.15, -0.1) is 0 Å². The number of oxazole rings is 1. The van der Waals surface area contributed by atoms with Gasteiger partial charge in [-0.1, -0.05) is 26.0 Å². The van der Waals surface area contributed by atoms with Crippen LogP contribution in [0.15, 0.2) is 28.7 Å². The van der Waals surface area contributed by atoms with E-state index in [0.29, 0.717) is 6.01 Å². The van der Waals surface area contributed by atoms with Gasteiger partial charge in [0.2, 0.25) is 0 Å². The van der Waals surface area contributed by atoms with Crippen LogP contribution in [-0.2, 0) is 0 Å². The molecule has 0 saturated heterocycles. The molecule has 0 atom stereocenters. The first-order valence-electron chi connectivity index (χ1n) is 5.97. The molecule has 17 heavy (non-hydrogen) atoms. The number of benzene rings is 1. The van der Waals surface area contributed by atoms with Gasteiger partial charge in [0.05, 0.1) is 12.1 Å². The summed E-state index contributed by atoms with van der Waals surface area (Å²) in [5.41, 5.74) is 1.24. The quantitative estimate of drug-likeness (QED) is 0.835. The largest absolute Gasteiger partial charge is 0.424 e. The third-order valence-corrected chi connectivity index (χ3v) is 3.32. The number of nitrogens with one attached hydrogen (secondary N) is 1. The van der Waals surface area contributed by atoms with Crippen LogP contribution in [0.4, 0.5) is 6.01 Å². The van der Waals surface area contributed by atoms with Crippen LogP contribution in [-0.4, -0.2) is 22.2 Å². The number of para-hydroxylation sites is 2. The summed E-state index contributed by atoms with van der Waals surface area (Å²) in [6, 6.07) is 8.10. The molecule has 4 heteroatoms. The molecule has 2 N–H and O–H groups in total. The number of hydrogen-bond donors (Lipinski definition) is 2. The second-order valence-electron chi connectivity index (χ2n) is 4.26. The SMILES string of the molecule is CCC(CC)(CO)Nc1nc2ccccc2o1. The van der Waals surface area contributed by atoms with Gasteiger partial charge in [-0.05, 0) is 25.0 Å². The van der Waals surface area contributed by atoms with Crippen LogP contribution in [0.3, 0.4) is 0 Å². The van der Waals surface area contributed by atoms with Crippen molar-refractivity contribution in [3.05, 3.63) is 24.3 Å². The first-order chi connectivity index (χ1) is 8.23. The monoisotopic (exact) mass is 234 g/mol. The summed E-state index contributed by atoms with van der Waals surface area (Å²) < 4.78 is 5.60. The van der Waals surface area contributed by atoms with Gasteiger partial charge in [0.1, 0.15) is 5.52 Å². The van der Waals surface area contributed by atoms with Crippen molar-refractivity contribution in [2.24, 2.45) is 0 Å². The predicted molar refractivity (Wildman–Crippen MR) is 68.0 cm³/mol. The highest BCUT2D eigenvalue weighted by atomic mass is 16.4. The number of nitrogens with zero attached hydrogens (tertiary/aromatic N) is 1. The van der Waals surface area contributed by atoms with Crippen LogP contribution in [0.25, 0.3) is 11.1 Å². The highest BCUT2D eigenvalue weighted by Gasteiger charge is 2.26. The number of hydrogen-bond acceptors (Lipinski definition) is 4. The molecular formula is C13H18N2O2. The van der Waals surface area contributed by atoms with E-state index in [1.165, 1.54) is 0 Å². The molecule has 1 aromatic heterocycles. The zero-order valence-corrected chi connectivity index (χ0v) is 10.2. The molecule has 0 bridgehead atoms. The van der Waals surface area contributed by atoms with E-state index in [4.69, 9.17) is 4.42 Å². The van der Waals surface area contributed by atoms with Crippen LogP contribution in [0.1, 0.15) is 26.7 Å². The molecule has 0 unspecified atom stereocenters. The van der Waals surface area contributed by atoms with Crippen molar-refractivity contribution in [1.29, 1.82) is 0 Å². The van der Waals surface area contributed by atoms with Crippen LogP contribution in [0.2, 0.25) is 0 Å². The van der Waals surface area contributed by atoms with Crippen LogP contribution in [0.5, 0.6) is 0 Å². The molecule has 4 nitrogen and oxygen atoms in total. The standard InChI is InChI=1S/C13H18N2O2/c1-3-13(4-2,9-16)15-12-14-10-7-5-6-8-11(10)17-12/h5-8,16H,3-4,9H2,1-2H3,(H,14,15). The Bertz CT molecular complexity index is 448. The van der Waals surface area contributed by atoms with E-state index in [1.54, 1.807) is 0 Å². The third-order valence-electron chi connectivity index (χ3n) is 3.32. The molecule has 0 fully saturated rings. The molecule has 0 amide bonds. The molecule has 1 aromatic carbocycles. The molecule has 0 saturated carbocycles.